The maximum Gasteiger partial charge on any atom is 0.416 e. The minimum absolute atomic E-state index is 0.0231. The summed E-state index contributed by atoms with van der Waals surface area (Å²) in [5, 5.41) is 2.57. The minimum atomic E-state index is -5.07. The van der Waals surface area contributed by atoms with Gasteiger partial charge in [0.2, 0.25) is 5.91 Å². The summed E-state index contributed by atoms with van der Waals surface area (Å²) in [6.07, 6.45) is -12.7. The molecule has 9 nitrogen and oxygen atoms in total. The molecule has 0 bridgehead atoms. The molecule has 1 aliphatic rings. The molecule has 264 valence electrons. The number of esters is 1. The van der Waals surface area contributed by atoms with E-state index in [9.17, 15) is 40.7 Å². The van der Waals surface area contributed by atoms with Crippen molar-refractivity contribution in [2.75, 3.05) is 26.8 Å². The van der Waals surface area contributed by atoms with Crippen LogP contribution in [0.15, 0.2) is 78.9 Å². The second-order valence-electron chi connectivity index (χ2n) is 11.6. The fraction of sp³-hybridized carbons (Fsp3) is 0.382. The van der Waals surface area contributed by atoms with Gasteiger partial charge in [-0.3, -0.25) is 9.69 Å². The SMILES string of the molecule is COC(=O)C1(NC(=O)CN)CC[C@@](COC(C)c2cc(C(F)(F)F)cc(C(F)(F)F)c2)(c2ccccc2)N(C(=O)OCc2ccccc2)C1. The van der Waals surface area contributed by atoms with Crippen molar-refractivity contribution in [2.45, 2.75) is 55.9 Å². The highest BCUT2D eigenvalue weighted by molar-refractivity contribution is 5.90. The van der Waals surface area contributed by atoms with Gasteiger partial charge in [-0.2, -0.15) is 26.3 Å². The van der Waals surface area contributed by atoms with Crippen LogP contribution in [0, 0.1) is 0 Å². The Kier molecular flexibility index (Phi) is 11.3. The number of rotatable bonds is 10. The molecule has 0 aromatic heterocycles. The first-order valence-electron chi connectivity index (χ1n) is 15.1. The fourth-order valence-electron chi connectivity index (χ4n) is 5.78. The molecule has 3 aromatic carbocycles. The van der Waals surface area contributed by atoms with Crippen LogP contribution < -0.4 is 11.1 Å². The molecule has 1 fully saturated rings. The number of carbonyl (C=O) groups excluding carboxylic acids is 3. The van der Waals surface area contributed by atoms with E-state index in [2.05, 4.69) is 5.32 Å². The molecule has 1 saturated heterocycles. The first-order chi connectivity index (χ1) is 23.0. The maximum atomic E-state index is 14.0. The summed E-state index contributed by atoms with van der Waals surface area (Å²) in [6, 6.07) is 18.2. The van der Waals surface area contributed by atoms with Crippen LogP contribution in [0.1, 0.15) is 53.7 Å². The molecule has 0 spiro atoms. The Morgan fingerprint density at radius 2 is 1.47 bits per heavy atom. The van der Waals surface area contributed by atoms with E-state index >= 15 is 0 Å². The van der Waals surface area contributed by atoms with Gasteiger partial charge in [-0.15, -0.1) is 0 Å². The molecule has 2 unspecified atom stereocenters. The number of methoxy groups -OCH3 is 1. The standard InChI is InChI=1S/C34H35F6N3O6/c1-22(24-15-26(33(35,36)37)17-27(16-24)34(38,39)40)49-21-32(25-11-7-4-8-12-25)14-13-31(29(45)47-2,42-28(44)18-41)20-43(32)30(46)48-19-23-9-5-3-6-10-23/h3-12,15-17,22H,13-14,18-21,41H2,1-2H3,(H,42,44)/t22?,31?,32-/m1/s1. The number of carbonyl (C=O) groups is 3. The molecule has 0 aliphatic carbocycles. The predicted molar refractivity (Wildman–Crippen MR) is 163 cm³/mol. The number of ether oxygens (including phenoxy) is 3. The summed E-state index contributed by atoms with van der Waals surface area (Å²) in [5.41, 5.74) is -0.0922. The third-order valence-corrected chi connectivity index (χ3v) is 8.44. The average Bonchev–Trinajstić information content (AvgIpc) is 3.09. The molecule has 2 amide bonds. The summed E-state index contributed by atoms with van der Waals surface area (Å²) in [6.45, 7) is -0.358. The number of amides is 2. The average molecular weight is 696 g/mol. The molecule has 49 heavy (non-hydrogen) atoms. The summed E-state index contributed by atoms with van der Waals surface area (Å²) >= 11 is 0. The van der Waals surface area contributed by atoms with Gasteiger partial charge in [0.1, 0.15) is 6.61 Å². The summed E-state index contributed by atoms with van der Waals surface area (Å²) in [5.74, 6) is -1.60. The lowest BCUT2D eigenvalue weighted by Crippen LogP contribution is -2.70. The Bertz CT molecular complexity index is 1590. The monoisotopic (exact) mass is 695 g/mol. The fourth-order valence-corrected chi connectivity index (χ4v) is 5.78. The van der Waals surface area contributed by atoms with Crippen LogP contribution in [0.5, 0.6) is 0 Å². The van der Waals surface area contributed by atoms with E-state index in [4.69, 9.17) is 19.9 Å². The van der Waals surface area contributed by atoms with Crippen LogP contribution in [-0.4, -0.2) is 55.2 Å². The number of benzene rings is 3. The normalized spacial score (nSPS) is 20.3. The van der Waals surface area contributed by atoms with Gasteiger partial charge in [-0.05, 0) is 54.7 Å². The third kappa shape index (κ3) is 8.51. The van der Waals surface area contributed by atoms with Crippen molar-refractivity contribution in [1.82, 2.24) is 10.2 Å². The number of nitrogens with zero attached hydrogens (tertiary/aromatic N) is 1. The Morgan fingerprint density at radius 3 is 2.00 bits per heavy atom. The van der Waals surface area contributed by atoms with Crippen LogP contribution in [-0.2, 0) is 48.3 Å². The highest BCUT2D eigenvalue weighted by Crippen LogP contribution is 2.44. The van der Waals surface area contributed by atoms with Gasteiger partial charge in [0.25, 0.3) is 0 Å². The van der Waals surface area contributed by atoms with Crippen LogP contribution in [0.25, 0.3) is 0 Å². The molecular weight excluding hydrogens is 660 g/mol. The smallest absolute Gasteiger partial charge is 0.416 e. The van der Waals surface area contributed by atoms with E-state index in [0.717, 1.165) is 7.11 Å². The lowest BCUT2D eigenvalue weighted by atomic mass is 9.74. The van der Waals surface area contributed by atoms with Gasteiger partial charge < -0.3 is 25.3 Å². The van der Waals surface area contributed by atoms with Crippen molar-refractivity contribution in [2.24, 2.45) is 5.73 Å². The summed E-state index contributed by atoms with van der Waals surface area (Å²) < 4.78 is 98.6. The molecule has 0 radical (unpaired) electrons. The lowest BCUT2D eigenvalue weighted by Gasteiger charge is -2.52. The molecule has 0 saturated carbocycles. The second kappa shape index (κ2) is 14.9. The third-order valence-electron chi connectivity index (χ3n) is 8.44. The first kappa shape index (κ1) is 37.2. The number of piperidine rings is 1. The zero-order chi connectivity index (χ0) is 36.0. The number of hydrogen-bond donors (Lipinski definition) is 2. The zero-order valence-electron chi connectivity index (χ0n) is 26.6. The van der Waals surface area contributed by atoms with E-state index in [1.807, 2.05) is 0 Å². The highest BCUT2D eigenvalue weighted by atomic mass is 19.4. The van der Waals surface area contributed by atoms with Gasteiger partial charge in [0, 0.05) is 0 Å². The van der Waals surface area contributed by atoms with Crippen LogP contribution in [0.3, 0.4) is 0 Å². The van der Waals surface area contributed by atoms with E-state index < -0.39 is 83.9 Å². The van der Waals surface area contributed by atoms with Crippen molar-refractivity contribution in [1.29, 1.82) is 0 Å². The van der Waals surface area contributed by atoms with Gasteiger partial charge >= 0.3 is 24.4 Å². The lowest BCUT2D eigenvalue weighted by molar-refractivity contribution is -0.158. The van der Waals surface area contributed by atoms with E-state index in [1.165, 1.54) is 11.8 Å². The van der Waals surface area contributed by atoms with Crippen molar-refractivity contribution in [3.8, 4) is 0 Å². The van der Waals surface area contributed by atoms with Gasteiger partial charge in [0.15, 0.2) is 5.54 Å². The Labute approximate surface area is 278 Å². The van der Waals surface area contributed by atoms with Crippen LogP contribution >= 0.6 is 0 Å². The number of likely N-dealkylation sites (tertiary alicyclic amines) is 1. The van der Waals surface area contributed by atoms with Crippen molar-refractivity contribution in [3.05, 3.63) is 107 Å². The zero-order valence-corrected chi connectivity index (χ0v) is 26.6. The maximum absolute atomic E-state index is 14.0. The molecule has 1 heterocycles. The Morgan fingerprint density at radius 1 is 0.898 bits per heavy atom. The van der Waals surface area contributed by atoms with Crippen molar-refractivity contribution >= 4 is 18.0 Å². The van der Waals surface area contributed by atoms with Gasteiger partial charge in [-0.25, -0.2) is 9.59 Å². The molecule has 3 N–H and O–H groups in total. The predicted octanol–water partition coefficient (Wildman–Crippen LogP) is 6.12. The molecule has 3 atom stereocenters. The number of nitrogens with one attached hydrogen (secondary N) is 1. The largest absolute Gasteiger partial charge is 0.467 e. The van der Waals surface area contributed by atoms with Crippen LogP contribution in [0.4, 0.5) is 31.1 Å². The molecule has 4 rings (SSSR count). The van der Waals surface area contributed by atoms with Crippen molar-refractivity contribution < 1.29 is 54.9 Å². The highest BCUT2D eigenvalue weighted by Gasteiger charge is 2.56. The number of halogens is 6. The Balaban J connectivity index is 1.79. The Hall–Kier alpha value is -4.63. The van der Waals surface area contributed by atoms with E-state index in [-0.39, 0.29) is 25.5 Å². The number of nitrogens with two attached hydrogens (primary N) is 1. The number of hydrogen-bond acceptors (Lipinski definition) is 7. The summed E-state index contributed by atoms with van der Waals surface area (Å²) in [7, 11) is 1.10. The first-order valence-corrected chi connectivity index (χ1v) is 15.1. The van der Waals surface area contributed by atoms with Crippen molar-refractivity contribution in [3.63, 3.8) is 0 Å². The summed E-state index contributed by atoms with van der Waals surface area (Å²) in [4.78, 5) is 41.0. The van der Waals surface area contributed by atoms with Gasteiger partial charge in [0.05, 0.1) is 49.6 Å². The second-order valence-corrected chi connectivity index (χ2v) is 11.6. The molecule has 1 aliphatic heterocycles. The molecule has 15 heteroatoms. The molecule has 3 aromatic rings. The minimum Gasteiger partial charge on any atom is -0.467 e. The van der Waals surface area contributed by atoms with Gasteiger partial charge in [-0.1, -0.05) is 60.7 Å². The molecular formula is C34H35F6N3O6. The quantitative estimate of drug-likeness (QED) is 0.194. The number of alkyl halides is 6. The van der Waals surface area contributed by atoms with Crippen LogP contribution in [0.2, 0.25) is 0 Å². The van der Waals surface area contributed by atoms with E-state index in [0.29, 0.717) is 23.3 Å². The van der Waals surface area contributed by atoms with E-state index in [1.54, 1.807) is 60.7 Å². The topological polar surface area (TPSA) is 120 Å².